The van der Waals surface area contributed by atoms with Crippen LogP contribution >= 0.6 is 22.9 Å². The Kier molecular flexibility index (Phi) is 4.51. The van der Waals surface area contributed by atoms with E-state index >= 15 is 0 Å². The fourth-order valence-electron chi connectivity index (χ4n) is 0.757. The Morgan fingerprint density at radius 3 is 2.87 bits per heavy atom. The molecule has 0 saturated carbocycles. The average Bonchev–Trinajstić information content (AvgIpc) is 2.60. The Morgan fingerprint density at radius 2 is 2.33 bits per heavy atom. The van der Waals surface area contributed by atoms with Crippen LogP contribution in [-0.4, -0.2) is 23.3 Å². The van der Waals surface area contributed by atoms with E-state index in [-0.39, 0.29) is 12.3 Å². The first-order valence-corrected chi connectivity index (χ1v) is 5.49. The van der Waals surface area contributed by atoms with E-state index in [4.69, 9.17) is 11.6 Å². The molecule has 0 saturated heterocycles. The summed E-state index contributed by atoms with van der Waals surface area (Å²) in [5.41, 5.74) is 0. The van der Waals surface area contributed by atoms with Gasteiger partial charge < -0.3 is 5.32 Å². The molecule has 2 amide bonds. The largest absolute Gasteiger partial charge is 0.331 e. The van der Waals surface area contributed by atoms with Crippen LogP contribution in [0, 0.1) is 0 Å². The molecular weight excluding hydrogens is 238 g/mol. The quantitative estimate of drug-likeness (QED) is 0.854. The molecule has 0 aliphatic carbocycles. The Balaban J connectivity index is 2.33. The fourth-order valence-corrected chi connectivity index (χ4v) is 1.56. The molecule has 82 valence electrons. The van der Waals surface area contributed by atoms with Gasteiger partial charge in [0.25, 0.3) is 0 Å². The number of halogens is 1. The van der Waals surface area contributed by atoms with Gasteiger partial charge in [-0.3, -0.25) is 10.1 Å². The van der Waals surface area contributed by atoms with Gasteiger partial charge in [-0.2, -0.15) is 0 Å². The minimum absolute atomic E-state index is 0.0256. The molecule has 1 heterocycles. The van der Waals surface area contributed by atoms with E-state index in [0.717, 1.165) is 11.3 Å². The third-order valence-electron chi connectivity index (χ3n) is 1.54. The van der Waals surface area contributed by atoms with Crippen molar-refractivity contribution in [2.75, 3.05) is 11.9 Å². The lowest BCUT2D eigenvalue weighted by Crippen LogP contribution is -2.32. The molecule has 0 spiro atoms. The van der Waals surface area contributed by atoms with E-state index < -0.39 is 6.03 Å². The van der Waals surface area contributed by atoms with Crippen LogP contribution in [0.4, 0.5) is 9.93 Å². The van der Waals surface area contributed by atoms with E-state index in [1.54, 1.807) is 6.92 Å². The number of nitrogens with zero attached hydrogens (tertiary/aromatic N) is 1. The average molecular weight is 248 g/mol. The first-order valence-electron chi connectivity index (χ1n) is 4.29. The summed E-state index contributed by atoms with van der Waals surface area (Å²) < 4.78 is 0.495. The van der Waals surface area contributed by atoms with Gasteiger partial charge in [-0.1, -0.05) is 29.9 Å². The van der Waals surface area contributed by atoms with Crippen LogP contribution in [0.15, 0.2) is 6.20 Å². The second-order valence-electron chi connectivity index (χ2n) is 2.67. The van der Waals surface area contributed by atoms with E-state index in [1.165, 1.54) is 6.20 Å². The zero-order chi connectivity index (χ0) is 11.3. The van der Waals surface area contributed by atoms with Gasteiger partial charge in [0.2, 0.25) is 0 Å². The maximum absolute atomic E-state index is 11.2. The lowest BCUT2D eigenvalue weighted by molar-refractivity contribution is -0.117. The van der Waals surface area contributed by atoms with Gasteiger partial charge in [0.15, 0.2) is 10.9 Å². The van der Waals surface area contributed by atoms with Crippen molar-refractivity contribution in [1.82, 2.24) is 10.3 Å². The van der Waals surface area contributed by atoms with Crippen LogP contribution in [0.5, 0.6) is 0 Å². The second-order valence-corrected chi connectivity index (χ2v) is 4.33. The molecular formula is C8H10ClN3O2S. The van der Waals surface area contributed by atoms with Crippen molar-refractivity contribution in [3.8, 4) is 0 Å². The number of ketones is 1. The van der Waals surface area contributed by atoms with Crippen LogP contribution in [0.2, 0.25) is 4.34 Å². The molecule has 0 aliphatic rings. The minimum Gasteiger partial charge on any atom is -0.331 e. The third-order valence-corrected chi connectivity index (χ3v) is 2.57. The van der Waals surface area contributed by atoms with Crippen LogP contribution in [-0.2, 0) is 4.79 Å². The first-order chi connectivity index (χ1) is 7.11. The number of hydrogen-bond donors (Lipinski definition) is 2. The van der Waals surface area contributed by atoms with E-state index in [9.17, 15) is 9.59 Å². The highest BCUT2D eigenvalue weighted by Gasteiger charge is 2.06. The standard InChI is InChI=1S/C8H10ClN3O2S/c1-2-5(13)3-10-7(14)12-8-11-4-6(9)15-8/h4H,2-3H2,1H3,(H2,10,11,12,14). The second kappa shape index (κ2) is 5.67. The monoisotopic (exact) mass is 247 g/mol. The Morgan fingerprint density at radius 1 is 1.60 bits per heavy atom. The van der Waals surface area contributed by atoms with E-state index in [2.05, 4.69) is 15.6 Å². The lowest BCUT2D eigenvalue weighted by Gasteiger charge is -2.02. The van der Waals surface area contributed by atoms with Crippen molar-refractivity contribution in [3.63, 3.8) is 0 Å². The Bertz CT molecular complexity index is 367. The number of amides is 2. The highest BCUT2D eigenvalue weighted by atomic mass is 35.5. The zero-order valence-corrected chi connectivity index (χ0v) is 9.61. The number of aromatic nitrogens is 1. The minimum atomic E-state index is -0.456. The van der Waals surface area contributed by atoms with Crippen LogP contribution in [0.25, 0.3) is 0 Å². The summed E-state index contributed by atoms with van der Waals surface area (Å²) in [5, 5.41) is 5.28. The van der Waals surface area contributed by atoms with Crippen molar-refractivity contribution >= 4 is 39.9 Å². The number of rotatable bonds is 4. The first kappa shape index (κ1) is 11.9. The highest BCUT2D eigenvalue weighted by molar-refractivity contribution is 7.19. The predicted molar refractivity (Wildman–Crippen MR) is 59.4 cm³/mol. The molecule has 0 aliphatic heterocycles. The van der Waals surface area contributed by atoms with Gasteiger partial charge in [0.1, 0.15) is 4.34 Å². The molecule has 0 aromatic carbocycles. The van der Waals surface area contributed by atoms with Gasteiger partial charge in [-0.05, 0) is 0 Å². The molecule has 2 N–H and O–H groups in total. The molecule has 0 bridgehead atoms. The summed E-state index contributed by atoms with van der Waals surface area (Å²) in [6.45, 7) is 1.77. The van der Waals surface area contributed by atoms with Gasteiger partial charge in [-0.15, -0.1) is 0 Å². The summed E-state index contributed by atoms with van der Waals surface area (Å²) in [7, 11) is 0. The molecule has 1 rings (SSSR count). The van der Waals surface area contributed by atoms with E-state index in [0.29, 0.717) is 15.9 Å². The SMILES string of the molecule is CCC(=O)CNC(=O)Nc1ncc(Cl)s1. The third kappa shape index (κ3) is 4.26. The highest BCUT2D eigenvalue weighted by Crippen LogP contribution is 2.22. The number of anilines is 1. The van der Waals surface area contributed by atoms with E-state index in [1.807, 2.05) is 0 Å². The summed E-state index contributed by atoms with van der Waals surface area (Å²) in [6, 6.07) is -0.456. The topological polar surface area (TPSA) is 71.1 Å². The summed E-state index contributed by atoms with van der Waals surface area (Å²) >= 11 is 6.78. The molecule has 0 fully saturated rings. The summed E-state index contributed by atoms with van der Waals surface area (Å²) in [5.74, 6) is -0.0256. The number of carbonyl (C=O) groups is 2. The molecule has 5 nitrogen and oxygen atoms in total. The number of nitrogens with one attached hydrogen (secondary N) is 2. The fraction of sp³-hybridized carbons (Fsp3) is 0.375. The number of carbonyl (C=O) groups excluding carboxylic acids is 2. The lowest BCUT2D eigenvalue weighted by atomic mass is 10.3. The predicted octanol–water partition coefficient (Wildman–Crippen LogP) is 1.90. The maximum Gasteiger partial charge on any atom is 0.321 e. The number of Topliss-reactive ketones (excluding diaryl/α,β-unsaturated/α-hetero) is 1. The van der Waals surface area contributed by atoms with Gasteiger partial charge in [-0.25, -0.2) is 9.78 Å². The van der Waals surface area contributed by atoms with Gasteiger partial charge >= 0.3 is 6.03 Å². The molecule has 15 heavy (non-hydrogen) atoms. The molecule has 7 heteroatoms. The summed E-state index contributed by atoms with van der Waals surface area (Å²) in [4.78, 5) is 25.9. The van der Waals surface area contributed by atoms with Crippen molar-refractivity contribution in [1.29, 1.82) is 0 Å². The Labute approximate surface area is 95.8 Å². The van der Waals surface area contributed by atoms with Crippen molar-refractivity contribution in [3.05, 3.63) is 10.5 Å². The Hall–Kier alpha value is -1.14. The van der Waals surface area contributed by atoms with Crippen molar-refractivity contribution in [2.45, 2.75) is 13.3 Å². The van der Waals surface area contributed by atoms with Gasteiger partial charge in [0, 0.05) is 6.42 Å². The van der Waals surface area contributed by atoms with Crippen LogP contribution < -0.4 is 10.6 Å². The summed E-state index contributed by atoms with van der Waals surface area (Å²) in [6.07, 6.45) is 1.85. The van der Waals surface area contributed by atoms with Crippen molar-refractivity contribution in [2.24, 2.45) is 0 Å². The van der Waals surface area contributed by atoms with Gasteiger partial charge in [0.05, 0.1) is 12.7 Å². The van der Waals surface area contributed by atoms with Crippen LogP contribution in [0.3, 0.4) is 0 Å². The molecule has 0 atom stereocenters. The smallest absolute Gasteiger partial charge is 0.321 e. The molecule has 1 aromatic rings. The molecule has 1 aromatic heterocycles. The van der Waals surface area contributed by atoms with Crippen molar-refractivity contribution < 1.29 is 9.59 Å². The molecule has 0 radical (unpaired) electrons. The number of thiazole rings is 1. The van der Waals surface area contributed by atoms with Crippen LogP contribution in [0.1, 0.15) is 13.3 Å². The number of urea groups is 1. The molecule has 0 unspecified atom stereocenters. The normalized spacial score (nSPS) is 9.73. The maximum atomic E-state index is 11.2. The number of hydrogen-bond acceptors (Lipinski definition) is 4. The zero-order valence-electron chi connectivity index (χ0n) is 8.04.